The fraction of sp³-hybridized carbons (Fsp3) is 0.167. The summed E-state index contributed by atoms with van der Waals surface area (Å²) in [6, 6.07) is 11.7. The Bertz CT molecular complexity index is 678. The topological polar surface area (TPSA) is 38.3 Å². The third-order valence-electron chi connectivity index (χ3n) is 3.08. The van der Waals surface area contributed by atoms with Crippen LogP contribution in [0.2, 0.25) is 0 Å². The summed E-state index contributed by atoms with van der Waals surface area (Å²) in [5.41, 5.74) is 2.17. The average Bonchev–Trinajstić information content (AvgIpc) is 2.51. The van der Waals surface area contributed by atoms with Gasteiger partial charge in [-0.2, -0.15) is 0 Å². The van der Waals surface area contributed by atoms with Gasteiger partial charge in [0.05, 0.1) is 6.61 Å². The molecule has 0 radical (unpaired) electrons. The van der Waals surface area contributed by atoms with Crippen molar-refractivity contribution in [1.82, 2.24) is 0 Å². The van der Waals surface area contributed by atoms with Crippen molar-refractivity contribution in [2.45, 2.75) is 13.8 Å². The predicted octanol–water partition coefficient (Wildman–Crippen LogP) is 4.18. The number of hydrogen-bond donors (Lipinski definition) is 1. The average molecular weight is 299 g/mol. The molecule has 0 atom stereocenters. The van der Waals surface area contributed by atoms with E-state index in [-0.39, 0.29) is 11.7 Å². The first-order chi connectivity index (χ1) is 10.6. The van der Waals surface area contributed by atoms with Crippen LogP contribution in [-0.4, -0.2) is 12.5 Å². The highest BCUT2D eigenvalue weighted by Gasteiger charge is 2.03. The molecule has 0 saturated heterocycles. The number of carbonyl (C=O) groups is 1. The standard InChI is InChI=1S/C18H18FNO2/c1-3-22-16-9-5-14(6-10-16)7-11-18(21)20-17-12-15(19)8-4-13(17)2/h4-12H,3H2,1-2H3,(H,20,21)/b11-7+. The third kappa shape index (κ3) is 4.45. The van der Waals surface area contributed by atoms with Crippen molar-refractivity contribution in [2.75, 3.05) is 11.9 Å². The smallest absolute Gasteiger partial charge is 0.248 e. The van der Waals surface area contributed by atoms with Gasteiger partial charge in [-0.1, -0.05) is 18.2 Å². The monoisotopic (exact) mass is 299 g/mol. The molecule has 0 aliphatic rings. The van der Waals surface area contributed by atoms with Gasteiger partial charge in [-0.15, -0.1) is 0 Å². The molecule has 0 fully saturated rings. The van der Waals surface area contributed by atoms with Gasteiger partial charge in [-0.3, -0.25) is 4.79 Å². The normalized spacial score (nSPS) is 10.7. The molecule has 0 aliphatic heterocycles. The molecule has 0 saturated carbocycles. The van der Waals surface area contributed by atoms with Crippen LogP contribution in [0.3, 0.4) is 0 Å². The Labute approximate surface area is 129 Å². The van der Waals surface area contributed by atoms with Crippen LogP contribution in [-0.2, 0) is 4.79 Å². The summed E-state index contributed by atoms with van der Waals surface area (Å²) in [5, 5.41) is 2.66. The Kier molecular flexibility index (Phi) is 5.31. The Morgan fingerprint density at radius 1 is 1.23 bits per heavy atom. The number of ether oxygens (including phenoxy) is 1. The van der Waals surface area contributed by atoms with Gasteiger partial charge in [0.2, 0.25) is 5.91 Å². The maximum absolute atomic E-state index is 13.2. The molecule has 2 aromatic carbocycles. The molecule has 2 aromatic rings. The number of amides is 1. The zero-order chi connectivity index (χ0) is 15.9. The lowest BCUT2D eigenvalue weighted by Gasteiger charge is -2.06. The van der Waals surface area contributed by atoms with E-state index >= 15 is 0 Å². The second kappa shape index (κ2) is 7.41. The molecule has 0 aliphatic carbocycles. The highest BCUT2D eigenvalue weighted by Crippen LogP contribution is 2.16. The number of benzene rings is 2. The van der Waals surface area contributed by atoms with Crippen LogP contribution in [0.5, 0.6) is 5.75 Å². The number of carbonyl (C=O) groups excluding carboxylic acids is 1. The quantitative estimate of drug-likeness (QED) is 0.841. The van der Waals surface area contributed by atoms with E-state index in [0.29, 0.717) is 12.3 Å². The molecule has 0 bridgehead atoms. The van der Waals surface area contributed by atoms with E-state index in [4.69, 9.17) is 4.74 Å². The van der Waals surface area contributed by atoms with E-state index in [0.717, 1.165) is 16.9 Å². The highest BCUT2D eigenvalue weighted by molar-refractivity contribution is 6.02. The van der Waals surface area contributed by atoms with Crippen molar-refractivity contribution < 1.29 is 13.9 Å². The molecule has 1 amide bonds. The molecule has 0 spiro atoms. The van der Waals surface area contributed by atoms with Gasteiger partial charge in [-0.25, -0.2) is 4.39 Å². The van der Waals surface area contributed by atoms with E-state index in [1.807, 2.05) is 38.1 Å². The first-order valence-electron chi connectivity index (χ1n) is 7.06. The lowest BCUT2D eigenvalue weighted by Crippen LogP contribution is -2.09. The summed E-state index contributed by atoms with van der Waals surface area (Å²) >= 11 is 0. The van der Waals surface area contributed by atoms with Crippen molar-refractivity contribution in [2.24, 2.45) is 0 Å². The van der Waals surface area contributed by atoms with E-state index in [9.17, 15) is 9.18 Å². The second-order valence-corrected chi connectivity index (χ2v) is 4.78. The van der Waals surface area contributed by atoms with Crippen molar-refractivity contribution in [1.29, 1.82) is 0 Å². The Hall–Kier alpha value is -2.62. The number of anilines is 1. The molecule has 1 N–H and O–H groups in total. The number of rotatable bonds is 5. The molecule has 4 heteroatoms. The van der Waals surface area contributed by atoms with Gasteiger partial charge in [-0.05, 0) is 55.3 Å². The summed E-state index contributed by atoms with van der Waals surface area (Å²) < 4.78 is 18.5. The van der Waals surface area contributed by atoms with Crippen LogP contribution in [0, 0.1) is 12.7 Å². The molecule has 0 unspecified atom stereocenters. The molecule has 2 rings (SSSR count). The van der Waals surface area contributed by atoms with Crippen LogP contribution in [0.1, 0.15) is 18.1 Å². The Morgan fingerprint density at radius 3 is 2.64 bits per heavy atom. The molecular weight excluding hydrogens is 281 g/mol. The lowest BCUT2D eigenvalue weighted by molar-refractivity contribution is -0.111. The van der Waals surface area contributed by atoms with Crippen LogP contribution in [0.25, 0.3) is 6.08 Å². The van der Waals surface area contributed by atoms with Gasteiger partial charge >= 0.3 is 0 Å². The first kappa shape index (κ1) is 15.8. The van der Waals surface area contributed by atoms with E-state index in [1.54, 1.807) is 12.1 Å². The molecule has 114 valence electrons. The fourth-order valence-corrected chi connectivity index (χ4v) is 1.92. The van der Waals surface area contributed by atoms with Gasteiger partial charge in [0.1, 0.15) is 11.6 Å². The van der Waals surface area contributed by atoms with Crippen molar-refractivity contribution >= 4 is 17.7 Å². The number of halogens is 1. The van der Waals surface area contributed by atoms with E-state index in [1.165, 1.54) is 18.2 Å². The second-order valence-electron chi connectivity index (χ2n) is 4.78. The number of hydrogen-bond acceptors (Lipinski definition) is 2. The molecule has 0 aromatic heterocycles. The van der Waals surface area contributed by atoms with Gasteiger partial charge < -0.3 is 10.1 Å². The van der Waals surface area contributed by atoms with Crippen LogP contribution in [0.4, 0.5) is 10.1 Å². The van der Waals surface area contributed by atoms with Crippen molar-refractivity contribution in [3.8, 4) is 5.75 Å². The van der Waals surface area contributed by atoms with Gasteiger partial charge in [0.25, 0.3) is 0 Å². The Balaban J connectivity index is 2.00. The fourth-order valence-electron chi connectivity index (χ4n) is 1.92. The Morgan fingerprint density at radius 2 is 1.95 bits per heavy atom. The van der Waals surface area contributed by atoms with E-state index < -0.39 is 0 Å². The van der Waals surface area contributed by atoms with Crippen molar-refractivity contribution in [3.63, 3.8) is 0 Å². The summed E-state index contributed by atoms with van der Waals surface area (Å²) in [4.78, 5) is 11.9. The largest absolute Gasteiger partial charge is 0.494 e. The minimum absolute atomic E-state index is 0.303. The van der Waals surface area contributed by atoms with Crippen molar-refractivity contribution in [3.05, 3.63) is 65.5 Å². The highest BCUT2D eigenvalue weighted by atomic mass is 19.1. The lowest BCUT2D eigenvalue weighted by atomic mass is 10.2. The molecule has 22 heavy (non-hydrogen) atoms. The van der Waals surface area contributed by atoms with E-state index in [2.05, 4.69) is 5.32 Å². The summed E-state index contributed by atoms with van der Waals surface area (Å²) in [7, 11) is 0. The maximum Gasteiger partial charge on any atom is 0.248 e. The van der Waals surface area contributed by atoms with Crippen LogP contribution >= 0.6 is 0 Å². The maximum atomic E-state index is 13.2. The summed E-state index contributed by atoms with van der Waals surface area (Å²) in [6.07, 6.45) is 3.11. The molecular formula is C18H18FNO2. The van der Waals surface area contributed by atoms with Gasteiger partial charge in [0.15, 0.2) is 0 Å². The number of aryl methyl sites for hydroxylation is 1. The first-order valence-corrected chi connectivity index (χ1v) is 7.06. The molecule has 0 heterocycles. The van der Waals surface area contributed by atoms with Crippen LogP contribution in [0.15, 0.2) is 48.5 Å². The third-order valence-corrected chi connectivity index (χ3v) is 3.08. The zero-order valence-corrected chi connectivity index (χ0v) is 12.6. The predicted molar refractivity (Wildman–Crippen MR) is 86.4 cm³/mol. The summed E-state index contributed by atoms with van der Waals surface area (Å²) in [5.74, 6) is 0.110. The SMILES string of the molecule is CCOc1ccc(/C=C/C(=O)Nc2cc(F)ccc2C)cc1. The molecule has 3 nitrogen and oxygen atoms in total. The van der Waals surface area contributed by atoms with Gasteiger partial charge in [0, 0.05) is 11.8 Å². The minimum atomic E-state index is -0.378. The minimum Gasteiger partial charge on any atom is -0.494 e. The zero-order valence-electron chi connectivity index (χ0n) is 12.6. The van der Waals surface area contributed by atoms with Crippen LogP contribution < -0.4 is 10.1 Å². The summed E-state index contributed by atoms with van der Waals surface area (Å²) in [6.45, 7) is 4.35. The number of nitrogens with one attached hydrogen (secondary N) is 1.